The standard InChI is InChI=1S/C21H18ClF2N3O4/c1-12-19(13(2)27(26-12)15-6-4-3-5-7-15)20(29)30-11-18(28)25-14-8-9-17(16(22)10-14)31-21(23)24/h3-10,21H,11H2,1-2H3,(H,25,28). The first kappa shape index (κ1) is 22.2. The number of alkyl halides is 2. The molecule has 31 heavy (non-hydrogen) atoms. The molecule has 10 heteroatoms. The van der Waals surface area contributed by atoms with Gasteiger partial charge in [0.05, 0.1) is 22.1 Å². The molecule has 2 aromatic carbocycles. The molecule has 1 N–H and O–H groups in total. The number of carbonyl (C=O) groups is 2. The van der Waals surface area contributed by atoms with E-state index < -0.39 is 25.1 Å². The van der Waals surface area contributed by atoms with Gasteiger partial charge in [-0.1, -0.05) is 29.8 Å². The number of carbonyl (C=O) groups excluding carboxylic acids is 2. The smallest absolute Gasteiger partial charge is 0.387 e. The minimum absolute atomic E-state index is 0.102. The zero-order valence-electron chi connectivity index (χ0n) is 16.6. The van der Waals surface area contributed by atoms with E-state index >= 15 is 0 Å². The second-order valence-corrected chi connectivity index (χ2v) is 6.85. The van der Waals surface area contributed by atoms with Gasteiger partial charge >= 0.3 is 12.6 Å². The molecule has 0 atom stereocenters. The molecule has 0 saturated carbocycles. The molecule has 162 valence electrons. The maximum Gasteiger partial charge on any atom is 0.387 e. The summed E-state index contributed by atoms with van der Waals surface area (Å²) < 4.78 is 35.5. The number of amides is 1. The summed E-state index contributed by atoms with van der Waals surface area (Å²) in [7, 11) is 0. The average Bonchev–Trinajstić information content (AvgIpc) is 3.03. The van der Waals surface area contributed by atoms with E-state index in [1.165, 1.54) is 18.2 Å². The van der Waals surface area contributed by atoms with Gasteiger partial charge in [-0.2, -0.15) is 13.9 Å². The van der Waals surface area contributed by atoms with Gasteiger partial charge in [-0.05, 0) is 44.2 Å². The van der Waals surface area contributed by atoms with E-state index in [0.717, 1.165) is 5.69 Å². The molecule has 0 unspecified atom stereocenters. The maximum absolute atomic E-state index is 12.5. The van der Waals surface area contributed by atoms with Crippen LogP contribution in [0.2, 0.25) is 5.02 Å². The number of nitrogens with zero attached hydrogens (tertiary/aromatic N) is 2. The Morgan fingerprint density at radius 2 is 1.87 bits per heavy atom. The third kappa shape index (κ3) is 5.37. The molecule has 3 rings (SSSR count). The zero-order chi connectivity index (χ0) is 22.5. The Kier molecular flexibility index (Phi) is 6.86. The number of aromatic nitrogens is 2. The van der Waals surface area contributed by atoms with Crippen LogP contribution in [-0.4, -0.2) is 34.9 Å². The van der Waals surface area contributed by atoms with Crippen LogP contribution >= 0.6 is 11.6 Å². The summed E-state index contributed by atoms with van der Waals surface area (Å²) in [5.74, 6) is -1.54. The summed E-state index contributed by atoms with van der Waals surface area (Å²) in [5, 5.41) is 6.73. The lowest BCUT2D eigenvalue weighted by atomic mass is 10.2. The van der Waals surface area contributed by atoms with Crippen molar-refractivity contribution in [1.29, 1.82) is 0 Å². The molecule has 0 fully saturated rings. The van der Waals surface area contributed by atoms with E-state index in [9.17, 15) is 18.4 Å². The predicted molar refractivity (Wildman–Crippen MR) is 110 cm³/mol. The summed E-state index contributed by atoms with van der Waals surface area (Å²) in [4.78, 5) is 24.6. The minimum Gasteiger partial charge on any atom is -0.452 e. The van der Waals surface area contributed by atoms with Crippen LogP contribution in [0.25, 0.3) is 5.69 Å². The van der Waals surface area contributed by atoms with Crippen molar-refractivity contribution < 1.29 is 27.8 Å². The quantitative estimate of drug-likeness (QED) is 0.535. The van der Waals surface area contributed by atoms with Crippen LogP contribution in [0.5, 0.6) is 5.75 Å². The maximum atomic E-state index is 12.5. The summed E-state index contributed by atoms with van der Waals surface area (Å²) in [6, 6.07) is 13.1. The van der Waals surface area contributed by atoms with Crippen molar-refractivity contribution in [3.8, 4) is 11.4 Å². The van der Waals surface area contributed by atoms with Crippen molar-refractivity contribution in [1.82, 2.24) is 9.78 Å². The number of benzene rings is 2. The van der Waals surface area contributed by atoms with Crippen molar-refractivity contribution >= 4 is 29.2 Å². The number of aryl methyl sites for hydroxylation is 1. The fourth-order valence-corrected chi connectivity index (χ4v) is 3.15. The van der Waals surface area contributed by atoms with Crippen LogP contribution in [0, 0.1) is 13.8 Å². The topological polar surface area (TPSA) is 82.5 Å². The molecular formula is C21H18ClF2N3O4. The highest BCUT2D eigenvalue weighted by atomic mass is 35.5. The average molecular weight is 450 g/mol. The first-order valence-electron chi connectivity index (χ1n) is 9.09. The summed E-state index contributed by atoms with van der Waals surface area (Å²) >= 11 is 5.85. The van der Waals surface area contributed by atoms with Gasteiger partial charge in [0.15, 0.2) is 6.61 Å². The van der Waals surface area contributed by atoms with E-state index in [1.807, 2.05) is 30.3 Å². The molecule has 0 saturated heterocycles. The monoisotopic (exact) mass is 449 g/mol. The highest BCUT2D eigenvalue weighted by Crippen LogP contribution is 2.29. The number of hydrogen-bond donors (Lipinski definition) is 1. The van der Waals surface area contributed by atoms with Gasteiger partial charge in [-0.15, -0.1) is 0 Å². The van der Waals surface area contributed by atoms with E-state index in [0.29, 0.717) is 11.4 Å². The molecule has 0 aliphatic carbocycles. The highest BCUT2D eigenvalue weighted by Gasteiger charge is 2.21. The largest absolute Gasteiger partial charge is 0.452 e. The van der Waals surface area contributed by atoms with Gasteiger partial charge in [0.1, 0.15) is 11.3 Å². The van der Waals surface area contributed by atoms with E-state index in [2.05, 4.69) is 15.2 Å². The van der Waals surface area contributed by atoms with Crippen molar-refractivity contribution in [2.75, 3.05) is 11.9 Å². The molecule has 0 bridgehead atoms. The lowest BCUT2D eigenvalue weighted by Gasteiger charge is -2.10. The van der Waals surface area contributed by atoms with Gasteiger partial charge in [-0.25, -0.2) is 9.48 Å². The Morgan fingerprint density at radius 1 is 1.16 bits per heavy atom. The molecule has 1 aromatic heterocycles. The van der Waals surface area contributed by atoms with Crippen LogP contribution in [0.1, 0.15) is 21.7 Å². The van der Waals surface area contributed by atoms with Gasteiger partial charge in [0, 0.05) is 5.69 Å². The molecule has 0 spiro atoms. The van der Waals surface area contributed by atoms with E-state index in [-0.39, 0.29) is 22.0 Å². The van der Waals surface area contributed by atoms with Crippen LogP contribution in [0.3, 0.4) is 0 Å². The Labute approximate surface area is 181 Å². The van der Waals surface area contributed by atoms with Crippen molar-refractivity contribution in [3.63, 3.8) is 0 Å². The van der Waals surface area contributed by atoms with Crippen molar-refractivity contribution in [2.45, 2.75) is 20.5 Å². The second kappa shape index (κ2) is 9.57. The first-order chi connectivity index (χ1) is 14.8. The molecule has 0 aliphatic rings. The number of ether oxygens (including phenoxy) is 2. The first-order valence-corrected chi connectivity index (χ1v) is 9.47. The lowest BCUT2D eigenvalue weighted by Crippen LogP contribution is -2.21. The number of hydrogen-bond acceptors (Lipinski definition) is 5. The number of nitrogens with one attached hydrogen (secondary N) is 1. The fraction of sp³-hybridized carbons (Fsp3) is 0.190. The Morgan fingerprint density at radius 3 is 2.52 bits per heavy atom. The predicted octanol–water partition coefficient (Wildman–Crippen LogP) is 4.54. The minimum atomic E-state index is -3.02. The fourth-order valence-electron chi connectivity index (χ4n) is 2.93. The van der Waals surface area contributed by atoms with Crippen molar-refractivity contribution in [3.05, 3.63) is 70.5 Å². The molecule has 0 radical (unpaired) electrons. The van der Waals surface area contributed by atoms with Gasteiger partial charge in [0.2, 0.25) is 0 Å². The Balaban J connectivity index is 1.63. The lowest BCUT2D eigenvalue weighted by molar-refractivity contribution is -0.119. The third-order valence-corrected chi connectivity index (χ3v) is 4.56. The zero-order valence-corrected chi connectivity index (χ0v) is 17.3. The molecular weight excluding hydrogens is 432 g/mol. The van der Waals surface area contributed by atoms with Gasteiger partial charge < -0.3 is 14.8 Å². The summed E-state index contributed by atoms with van der Waals surface area (Å²) in [6.07, 6.45) is 0. The molecule has 7 nitrogen and oxygen atoms in total. The van der Waals surface area contributed by atoms with Gasteiger partial charge in [-0.3, -0.25) is 4.79 Å². The normalized spacial score (nSPS) is 10.8. The number of esters is 1. The SMILES string of the molecule is Cc1nn(-c2ccccc2)c(C)c1C(=O)OCC(=O)Nc1ccc(OC(F)F)c(Cl)c1. The van der Waals surface area contributed by atoms with Crippen LogP contribution in [-0.2, 0) is 9.53 Å². The van der Waals surface area contributed by atoms with Crippen LogP contribution in [0.15, 0.2) is 48.5 Å². The molecule has 0 aliphatic heterocycles. The number of anilines is 1. The van der Waals surface area contributed by atoms with Crippen LogP contribution in [0.4, 0.5) is 14.5 Å². The number of rotatable bonds is 7. The molecule has 1 heterocycles. The highest BCUT2D eigenvalue weighted by molar-refractivity contribution is 6.32. The van der Waals surface area contributed by atoms with E-state index in [1.54, 1.807) is 18.5 Å². The summed E-state index contributed by atoms with van der Waals surface area (Å²) in [6.45, 7) is -0.167. The Bertz CT molecular complexity index is 1100. The number of halogens is 3. The van der Waals surface area contributed by atoms with E-state index in [4.69, 9.17) is 16.3 Å². The Hall–Kier alpha value is -3.46. The molecule has 1 amide bonds. The van der Waals surface area contributed by atoms with Crippen LogP contribution < -0.4 is 10.1 Å². The second-order valence-electron chi connectivity index (χ2n) is 6.44. The summed E-state index contributed by atoms with van der Waals surface area (Å²) in [5.41, 5.74) is 2.34. The molecule has 3 aromatic rings. The number of para-hydroxylation sites is 1. The third-order valence-electron chi connectivity index (χ3n) is 4.26. The van der Waals surface area contributed by atoms with Crippen molar-refractivity contribution in [2.24, 2.45) is 0 Å². The van der Waals surface area contributed by atoms with Gasteiger partial charge in [0.25, 0.3) is 5.91 Å².